The summed E-state index contributed by atoms with van der Waals surface area (Å²) in [5.41, 5.74) is 0.556. The number of amides is 2. The third-order valence-electron chi connectivity index (χ3n) is 3.00. The first kappa shape index (κ1) is 14.2. The number of carbonyl (C=O) groups excluding carboxylic acids is 2. The summed E-state index contributed by atoms with van der Waals surface area (Å²) in [4.78, 5) is 25.8. The van der Waals surface area contributed by atoms with Gasteiger partial charge in [-0.05, 0) is 12.1 Å². The summed E-state index contributed by atoms with van der Waals surface area (Å²) in [5.74, 6) is -0.871. The van der Waals surface area contributed by atoms with E-state index in [0.717, 1.165) is 4.90 Å². The molecule has 0 aliphatic carbocycles. The lowest BCUT2D eigenvalue weighted by Gasteiger charge is -2.22. The zero-order chi connectivity index (χ0) is 14.9. The van der Waals surface area contributed by atoms with E-state index in [1.165, 1.54) is 0 Å². The van der Waals surface area contributed by atoms with Crippen LogP contribution in [-0.4, -0.2) is 17.0 Å². The van der Waals surface area contributed by atoms with Gasteiger partial charge in [-0.2, -0.15) is 0 Å². The third-order valence-corrected chi connectivity index (χ3v) is 3.00. The molecule has 5 heteroatoms. The van der Waals surface area contributed by atoms with Gasteiger partial charge >= 0.3 is 0 Å². The van der Waals surface area contributed by atoms with Crippen molar-refractivity contribution in [3.05, 3.63) is 24.3 Å². The number of imide groups is 1. The lowest BCUT2D eigenvalue weighted by atomic mass is 10.1. The van der Waals surface area contributed by atoms with Gasteiger partial charge in [-0.15, -0.1) is 0 Å². The Bertz CT molecular complexity index is 623. The molecule has 20 heavy (non-hydrogen) atoms. The van der Waals surface area contributed by atoms with Crippen molar-refractivity contribution in [1.82, 2.24) is 5.16 Å². The van der Waals surface area contributed by atoms with Crippen molar-refractivity contribution in [2.24, 2.45) is 11.8 Å². The van der Waals surface area contributed by atoms with Crippen LogP contribution in [0.4, 0.5) is 5.82 Å². The zero-order valence-corrected chi connectivity index (χ0v) is 12.1. The van der Waals surface area contributed by atoms with Gasteiger partial charge in [0, 0.05) is 11.8 Å². The fourth-order valence-electron chi connectivity index (χ4n) is 1.87. The van der Waals surface area contributed by atoms with Crippen LogP contribution in [0.2, 0.25) is 0 Å². The number of carbonyl (C=O) groups is 2. The fourth-order valence-corrected chi connectivity index (χ4v) is 1.87. The molecule has 2 amide bonds. The number of para-hydroxylation sites is 1. The minimum atomic E-state index is -0.298. The van der Waals surface area contributed by atoms with E-state index in [-0.39, 0.29) is 29.5 Å². The largest absolute Gasteiger partial charge is 0.354 e. The van der Waals surface area contributed by atoms with E-state index in [9.17, 15) is 9.59 Å². The molecule has 0 spiro atoms. The Labute approximate surface area is 117 Å². The van der Waals surface area contributed by atoms with Crippen molar-refractivity contribution >= 4 is 28.6 Å². The molecule has 0 fully saturated rings. The van der Waals surface area contributed by atoms with E-state index in [2.05, 4.69) is 5.16 Å². The minimum Gasteiger partial charge on any atom is -0.354 e. The van der Waals surface area contributed by atoms with E-state index in [4.69, 9.17) is 4.52 Å². The maximum Gasteiger partial charge on any atom is 0.237 e. The summed E-state index contributed by atoms with van der Waals surface area (Å²) in [6.45, 7) is 7.02. The maximum absolute atomic E-state index is 12.4. The number of hydrogen-bond acceptors (Lipinski definition) is 4. The quantitative estimate of drug-likeness (QED) is 0.863. The average Bonchev–Trinajstić information content (AvgIpc) is 2.82. The predicted molar refractivity (Wildman–Crippen MR) is 76.2 cm³/mol. The van der Waals surface area contributed by atoms with Gasteiger partial charge in [-0.25, -0.2) is 4.90 Å². The second-order valence-corrected chi connectivity index (χ2v) is 5.32. The number of anilines is 1. The van der Waals surface area contributed by atoms with Crippen molar-refractivity contribution in [1.29, 1.82) is 0 Å². The lowest BCUT2D eigenvalue weighted by Crippen LogP contribution is -2.42. The summed E-state index contributed by atoms with van der Waals surface area (Å²) in [6, 6.07) is 7.18. The Balaban J connectivity index is 2.56. The summed E-state index contributed by atoms with van der Waals surface area (Å²) >= 11 is 0. The Morgan fingerprint density at radius 3 is 2.15 bits per heavy atom. The van der Waals surface area contributed by atoms with Crippen LogP contribution in [0.25, 0.3) is 11.0 Å². The van der Waals surface area contributed by atoms with Crippen molar-refractivity contribution in [3.63, 3.8) is 0 Å². The summed E-state index contributed by atoms with van der Waals surface area (Å²) < 4.78 is 5.19. The van der Waals surface area contributed by atoms with Gasteiger partial charge in [0.25, 0.3) is 0 Å². The highest BCUT2D eigenvalue weighted by molar-refractivity contribution is 6.18. The number of nitrogens with zero attached hydrogens (tertiary/aromatic N) is 2. The summed E-state index contributed by atoms with van der Waals surface area (Å²) in [6.07, 6.45) is 0. The fraction of sp³-hybridized carbons (Fsp3) is 0.400. The van der Waals surface area contributed by atoms with Crippen molar-refractivity contribution < 1.29 is 14.1 Å². The SMILES string of the molecule is CC(C)C(=O)N(C(=O)C(C)C)c1noc2ccccc12. The highest BCUT2D eigenvalue weighted by Gasteiger charge is 2.31. The van der Waals surface area contributed by atoms with Crippen LogP contribution in [0, 0.1) is 11.8 Å². The normalized spacial score (nSPS) is 11.3. The van der Waals surface area contributed by atoms with Gasteiger partial charge in [0.1, 0.15) is 0 Å². The van der Waals surface area contributed by atoms with Crippen LogP contribution in [0.5, 0.6) is 0 Å². The third kappa shape index (κ3) is 2.43. The monoisotopic (exact) mass is 274 g/mol. The Hall–Kier alpha value is -2.17. The van der Waals surface area contributed by atoms with Crippen molar-refractivity contribution in [2.75, 3.05) is 4.90 Å². The van der Waals surface area contributed by atoms with Gasteiger partial charge in [0.2, 0.25) is 11.8 Å². The molecule has 1 heterocycles. The first-order chi connectivity index (χ1) is 9.43. The molecule has 0 bridgehead atoms. The van der Waals surface area contributed by atoms with E-state index < -0.39 is 0 Å². The van der Waals surface area contributed by atoms with Gasteiger partial charge in [-0.3, -0.25) is 9.59 Å². The van der Waals surface area contributed by atoms with E-state index in [0.29, 0.717) is 11.0 Å². The van der Waals surface area contributed by atoms with Crippen LogP contribution in [0.1, 0.15) is 27.7 Å². The van der Waals surface area contributed by atoms with Crippen molar-refractivity contribution in [3.8, 4) is 0 Å². The summed E-state index contributed by atoms with van der Waals surface area (Å²) in [7, 11) is 0. The highest BCUT2D eigenvalue weighted by Crippen LogP contribution is 2.28. The average molecular weight is 274 g/mol. The molecule has 2 aromatic rings. The highest BCUT2D eigenvalue weighted by atomic mass is 16.5. The lowest BCUT2D eigenvalue weighted by molar-refractivity contribution is -0.129. The van der Waals surface area contributed by atoms with Crippen LogP contribution in [0.3, 0.4) is 0 Å². The number of benzene rings is 1. The molecule has 0 aliphatic heterocycles. The molecular formula is C15H18N2O3. The molecule has 0 radical (unpaired) electrons. The van der Waals surface area contributed by atoms with Gasteiger partial charge in [-0.1, -0.05) is 45.0 Å². The van der Waals surface area contributed by atoms with Gasteiger partial charge < -0.3 is 4.52 Å². The number of fused-ring (bicyclic) bond motifs is 1. The maximum atomic E-state index is 12.4. The molecule has 0 atom stereocenters. The second kappa shape index (κ2) is 5.45. The Kier molecular flexibility index (Phi) is 3.88. The Morgan fingerprint density at radius 1 is 1.05 bits per heavy atom. The molecule has 1 aromatic heterocycles. The van der Waals surface area contributed by atoms with E-state index in [1.54, 1.807) is 39.8 Å². The number of hydrogen-bond donors (Lipinski definition) is 0. The Morgan fingerprint density at radius 2 is 1.60 bits per heavy atom. The van der Waals surface area contributed by atoms with Crippen LogP contribution < -0.4 is 4.90 Å². The first-order valence-corrected chi connectivity index (χ1v) is 6.65. The topological polar surface area (TPSA) is 63.4 Å². The standard InChI is InChI=1S/C15H18N2O3/c1-9(2)14(18)17(15(19)10(3)4)13-11-7-5-6-8-12(11)20-16-13/h5-10H,1-4H3. The molecule has 2 rings (SSSR count). The van der Waals surface area contributed by atoms with Gasteiger partial charge in [0.05, 0.1) is 5.39 Å². The van der Waals surface area contributed by atoms with Crippen LogP contribution in [-0.2, 0) is 9.59 Å². The minimum absolute atomic E-state index is 0.275. The van der Waals surface area contributed by atoms with Crippen molar-refractivity contribution in [2.45, 2.75) is 27.7 Å². The second-order valence-electron chi connectivity index (χ2n) is 5.32. The molecular weight excluding hydrogens is 256 g/mol. The molecule has 0 unspecified atom stereocenters. The molecule has 1 aromatic carbocycles. The zero-order valence-electron chi connectivity index (χ0n) is 12.1. The van der Waals surface area contributed by atoms with Crippen LogP contribution in [0.15, 0.2) is 28.8 Å². The molecule has 5 nitrogen and oxygen atoms in total. The van der Waals surface area contributed by atoms with E-state index >= 15 is 0 Å². The summed E-state index contributed by atoms with van der Waals surface area (Å²) in [5, 5.41) is 4.57. The number of rotatable bonds is 3. The predicted octanol–water partition coefficient (Wildman–Crippen LogP) is 3.00. The first-order valence-electron chi connectivity index (χ1n) is 6.65. The molecule has 0 saturated carbocycles. The molecule has 0 aliphatic rings. The number of aromatic nitrogens is 1. The van der Waals surface area contributed by atoms with Crippen LogP contribution >= 0.6 is 0 Å². The van der Waals surface area contributed by atoms with Gasteiger partial charge in [0.15, 0.2) is 11.4 Å². The molecule has 0 N–H and O–H groups in total. The molecule has 0 saturated heterocycles. The molecule has 106 valence electrons. The smallest absolute Gasteiger partial charge is 0.237 e. The van der Waals surface area contributed by atoms with E-state index in [1.807, 2.05) is 12.1 Å².